The van der Waals surface area contributed by atoms with Crippen LogP contribution in [-0.4, -0.2) is 13.6 Å². The number of hydrogen-bond donors (Lipinski definition) is 1. The van der Waals surface area contributed by atoms with Crippen LogP contribution in [0.25, 0.3) is 0 Å². The van der Waals surface area contributed by atoms with Gasteiger partial charge < -0.3 is 10.2 Å². The lowest BCUT2D eigenvalue weighted by Crippen LogP contribution is -2.17. The minimum atomic E-state index is -0.211. The average molecular weight is 307 g/mol. The molecule has 2 aromatic rings. The zero-order valence-electron chi connectivity index (χ0n) is 12.4. The topological polar surface area (TPSA) is 15.3 Å². The van der Waals surface area contributed by atoms with Crippen molar-refractivity contribution in [1.29, 1.82) is 0 Å². The summed E-state index contributed by atoms with van der Waals surface area (Å²) in [4.78, 5) is 2.09. The highest BCUT2D eigenvalue weighted by Gasteiger charge is 2.06. The van der Waals surface area contributed by atoms with E-state index in [9.17, 15) is 4.39 Å². The molecule has 0 unspecified atom stereocenters. The van der Waals surface area contributed by atoms with Crippen LogP contribution < -0.4 is 10.2 Å². The van der Waals surface area contributed by atoms with Crippen molar-refractivity contribution in [3.8, 4) is 0 Å². The maximum Gasteiger partial charge on any atom is 0.123 e. The highest BCUT2D eigenvalue weighted by molar-refractivity contribution is 6.31. The highest BCUT2D eigenvalue weighted by Crippen LogP contribution is 2.24. The van der Waals surface area contributed by atoms with Gasteiger partial charge in [-0.15, -0.1) is 0 Å². The number of halogens is 2. The molecule has 0 fully saturated rings. The minimum Gasteiger partial charge on any atom is -0.370 e. The van der Waals surface area contributed by atoms with Gasteiger partial charge in [0.25, 0.3) is 0 Å². The van der Waals surface area contributed by atoms with E-state index in [0.717, 1.165) is 34.9 Å². The summed E-state index contributed by atoms with van der Waals surface area (Å²) in [6.45, 7) is 4.47. The molecule has 1 N–H and O–H groups in total. The maximum atomic E-state index is 12.9. The van der Waals surface area contributed by atoms with Crippen molar-refractivity contribution in [3.63, 3.8) is 0 Å². The van der Waals surface area contributed by atoms with Crippen molar-refractivity contribution in [2.75, 3.05) is 18.5 Å². The molecule has 2 nitrogen and oxygen atoms in total. The molecule has 0 spiro atoms. The first-order valence-electron chi connectivity index (χ1n) is 7.05. The predicted molar refractivity (Wildman–Crippen MR) is 87.3 cm³/mol. The average Bonchev–Trinajstić information content (AvgIpc) is 2.48. The third-order valence-electron chi connectivity index (χ3n) is 3.38. The molecule has 0 heterocycles. The van der Waals surface area contributed by atoms with Crippen molar-refractivity contribution in [1.82, 2.24) is 5.32 Å². The number of hydrogen-bond acceptors (Lipinski definition) is 2. The van der Waals surface area contributed by atoms with E-state index < -0.39 is 0 Å². The molecule has 0 atom stereocenters. The van der Waals surface area contributed by atoms with Crippen LogP contribution >= 0.6 is 11.6 Å². The molecular formula is C17H20ClFN2. The fraction of sp³-hybridized carbons (Fsp3) is 0.294. The largest absolute Gasteiger partial charge is 0.370 e. The van der Waals surface area contributed by atoms with E-state index in [4.69, 9.17) is 11.6 Å². The highest BCUT2D eigenvalue weighted by atomic mass is 35.5. The second-order valence-electron chi connectivity index (χ2n) is 5.04. The molecule has 0 saturated carbocycles. The Hall–Kier alpha value is -1.58. The SMILES string of the molecule is CCNCc1ccc(N(C)Cc2ccc(F)cc2)cc1Cl. The Morgan fingerprint density at radius 1 is 1.14 bits per heavy atom. The van der Waals surface area contributed by atoms with E-state index >= 15 is 0 Å². The Kier molecular flexibility index (Phi) is 5.59. The lowest BCUT2D eigenvalue weighted by Gasteiger charge is -2.20. The molecule has 0 aromatic heterocycles. The monoisotopic (exact) mass is 306 g/mol. The molecule has 2 aromatic carbocycles. The molecule has 112 valence electrons. The van der Waals surface area contributed by atoms with Gasteiger partial charge in [0.15, 0.2) is 0 Å². The van der Waals surface area contributed by atoms with Crippen LogP contribution in [0, 0.1) is 5.82 Å². The molecule has 0 aliphatic carbocycles. The van der Waals surface area contributed by atoms with Gasteiger partial charge in [0.2, 0.25) is 0 Å². The lowest BCUT2D eigenvalue weighted by molar-refractivity contribution is 0.627. The molecule has 0 radical (unpaired) electrons. The lowest BCUT2D eigenvalue weighted by atomic mass is 10.1. The third-order valence-corrected chi connectivity index (χ3v) is 3.73. The number of anilines is 1. The van der Waals surface area contributed by atoms with E-state index in [0.29, 0.717) is 6.54 Å². The molecule has 4 heteroatoms. The summed E-state index contributed by atoms with van der Waals surface area (Å²) in [6, 6.07) is 12.6. The number of nitrogens with one attached hydrogen (secondary N) is 1. The first-order valence-corrected chi connectivity index (χ1v) is 7.42. The molecular weight excluding hydrogens is 287 g/mol. The quantitative estimate of drug-likeness (QED) is 0.859. The molecule has 21 heavy (non-hydrogen) atoms. The Labute approximate surface area is 130 Å². The van der Waals surface area contributed by atoms with Gasteiger partial charge >= 0.3 is 0 Å². The molecule has 0 aliphatic rings. The minimum absolute atomic E-state index is 0.211. The van der Waals surface area contributed by atoms with Crippen molar-refractivity contribution in [2.45, 2.75) is 20.0 Å². The van der Waals surface area contributed by atoms with Gasteiger partial charge in [0.05, 0.1) is 0 Å². The smallest absolute Gasteiger partial charge is 0.123 e. The Morgan fingerprint density at radius 3 is 2.48 bits per heavy atom. The first-order chi connectivity index (χ1) is 10.1. The Morgan fingerprint density at radius 2 is 1.86 bits per heavy atom. The zero-order chi connectivity index (χ0) is 15.2. The number of rotatable bonds is 6. The number of benzene rings is 2. The fourth-order valence-electron chi connectivity index (χ4n) is 2.13. The predicted octanol–water partition coefficient (Wildman–Crippen LogP) is 4.23. The van der Waals surface area contributed by atoms with Crippen LogP contribution in [0.4, 0.5) is 10.1 Å². The van der Waals surface area contributed by atoms with Gasteiger partial charge in [0, 0.05) is 30.8 Å². The molecule has 0 aliphatic heterocycles. The summed E-state index contributed by atoms with van der Waals surface area (Å²) in [5, 5.41) is 4.03. The van der Waals surface area contributed by atoms with Crippen LogP contribution in [0.1, 0.15) is 18.1 Å². The van der Waals surface area contributed by atoms with Crippen LogP contribution in [0.3, 0.4) is 0 Å². The summed E-state index contributed by atoms with van der Waals surface area (Å²) in [6.07, 6.45) is 0. The van der Waals surface area contributed by atoms with Crippen LogP contribution in [-0.2, 0) is 13.1 Å². The Balaban J connectivity index is 2.06. The standard InChI is InChI=1S/C17H20ClFN2/c1-3-20-11-14-6-9-16(10-17(14)18)21(2)12-13-4-7-15(19)8-5-13/h4-10,20H,3,11-12H2,1-2H3. The first kappa shape index (κ1) is 15.8. The van der Waals surface area contributed by atoms with Crippen LogP contribution in [0.2, 0.25) is 5.02 Å². The van der Waals surface area contributed by atoms with Crippen molar-refractivity contribution in [3.05, 3.63) is 64.4 Å². The summed E-state index contributed by atoms with van der Waals surface area (Å²) in [5.74, 6) is -0.211. The van der Waals surface area contributed by atoms with Crippen LogP contribution in [0.5, 0.6) is 0 Å². The molecule has 0 saturated heterocycles. The molecule has 0 amide bonds. The van der Waals surface area contributed by atoms with E-state index in [1.165, 1.54) is 12.1 Å². The van der Waals surface area contributed by atoms with Crippen molar-refractivity contribution in [2.24, 2.45) is 0 Å². The summed E-state index contributed by atoms with van der Waals surface area (Å²) < 4.78 is 12.9. The summed E-state index contributed by atoms with van der Waals surface area (Å²) >= 11 is 6.32. The Bertz CT molecular complexity index is 584. The summed E-state index contributed by atoms with van der Waals surface area (Å²) in [5.41, 5.74) is 3.20. The second-order valence-corrected chi connectivity index (χ2v) is 5.45. The van der Waals surface area contributed by atoms with Gasteiger partial charge in [0.1, 0.15) is 5.82 Å². The van der Waals surface area contributed by atoms with E-state index in [-0.39, 0.29) is 5.82 Å². The van der Waals surface area contributed by atoms with Gasteiger partial charge in [-0.25, -0.2) is 4.39 Å². The van der Waals surface area contributed by atoms with Gasteiger partial charge in [-0.3, -0.25) is 0 Å². The van der Waals surface area contributed by atoms with Gasteiger partial charge in [-0.05, 0) is 41.9 Å². The normalized spacial score (nSPS) is 10.7. The van der Waals surface area contributed by atoms with Crippen molar-refractivity contribution >= 4 is 17.3 Å². The fourth-order valence-corrected chi connectivity index (χ4v) is 2.37. The van der Waals surface area contributed by atoms with Crippen LogP contribution in [0.15, 0.2) is 42.5 Å². The zero-order valence-corrected chi connectivity index (χ0v) is 13.1. The second kappa shape index (κ2) is 7.43. The van der Waals surface area contributed by atoms with E-state index in [1.54, 1.807) is 12.1 Å². The van der Waals surface area contributed by atoms with E-state index in [2.05, 4.69) is 23.2 Å². The maximum absolute atomic E-state index is 12.9. The van der Waals surface area contributed by atoms with Crippen molar-refractivity contribution < 1.29 is 4.39 Å². The summed E-state index contributed by atoms with van der Waals surface area (Å²) in [7, 11) is 2.00. The van der Waals surface area contributed by atoms with E-state index in [1.807, 2.05) is 19.2 Å². The molecule has 2 rings (SSSR count). The third kappa shape index (κ3) is 4.45. The van der Waals surface area contributed by atoms with Gasteiger partial charge in [-0.1, -0.05) is 36.7 Å². The number of nitrogens with zero attached hydrogens (tertiary/aromatic N) is 1. The molecule has 0 bridgehead atoms. The van der Waals surface area contributed by atoms with Gasteiger partial charge in [-0.2, -0.15) is 0 Å².